The summed E-state index contributed by atoms with van der Waals surface area (Å²) in [5.74, 6) is 2.97. The Bertz CT molecular complexity index is 3590. The number of phenols is 1. The molecule has 0 fully saturated rings. The van der Waals surface area contributed by atoms with E-state index in [2.05, 4.69) is 187 Å². The maximum absolute atomic E-state index is 12.1. The van der Waals surface area contributed by atoms with Crippen LogP contribution in [0, 0.1) is 0 Å². The second-order valence-electron chi connectivity index (χ2n) is 21.1. The fourth-order valence-corrected chi connectivity index (χ4v) is 12.1. The van der Waals surface area contributed by atoms with Crippen molar-refractivity contribution in [2.75, 3.05) is 13.2 Å². The van der Waals surface area contributed by atoms with Crippen LogP contribution in [0.4, 0.5) is 0 Å². The standard InChI is InChI=1S/C32H34O3.C18H15S.C17H18O5S.C10H14O/c1-4-24(2)26-18-20-29(21-19-26)35-25(3)33-22-23-34-32-30(27-12-7-5-8-13-27)16-11-17-31(32)28-14-9-6-10-15-28;1-4-10-16(11-5-1)19(17-12-6-2-7-13-17)18-14-8-3-9-15-18;1-3-12(2)13-8-10-14(11-9-13)22-17(18)15-6-4-5-7-16(15)23(19,20)21;1-3-8(2)9-4-6-10(11)7-5-9/h5-21,24-25H,4,22-23H2,1-3H3;1-15H;4-12H,3H2,1-2H3,(H,19,20,21);4-8,11H,3H2,1-2H3/q;+1;;/p-1. The minimum atomic E-state index is -4.74. The highest BCUT2D eigenvalue weighted by molar-refractivity contribution is 7.97. The van der Waals surface area contributed by atoms with Gasteiger partial charge in [0.25, 0.3) is 0 Å². The van der Waals surface area contributed by atoms with E-state index in [4.69, 9.17) is 24.1 Å². The van der Waals surface area contributed by atoms with Gasteiger partial charge >= 0.3 is 5.97 Å². The summed E-state index contributed by atoms with van der Waals surface area (Å²) in [7, 11) is -4.76. The maximum atomic E-state index is 12.1. The number of carbonyl (C=O) groups excluding carboxylic acids is 1. The van der Waals surface area contributed by atoms with Crippen molar-refractivity contribution in [3.05, 3.63) is 289 Å². The van der Waals surface area contributed by atoms with Gasteiger partial charge in [-0.2, -0.15) is 0 Å². The number of hydrogen-bond donors (Lipinski definition) is 1. The van der Waals surface area contributed by atoms with Gasteiger partial charge in [0.1, 0.15) is 39.7 Å². The summed E-state index contributed by atoms with van der Waals surface area (Å²) in [4.78, 5) is 15.6. The lowest BCUT2D eigenvalue weighted by molar-refractivity contribution is -0.0738. The normalized spacial score (nSPS) is 12.2. The van der Waals surface area contributed by atoms with Crippen molar-refractivity contribution in [2.24, 2.45) is 0 Å². The maximum Gasteiger partial charge on any atom is 0.344 e. The Morgan fingerprint density at radius 3 is 1.24 bits per heavy atom. The molecule has 0 aliphatic heterocycles. The molecule has 88 heavy (non-hydrogen) atoms. The Morgan fingerprint density at radius 1 is 0.455 bits per heavy atom. The first-order valence-electron chi connectivity index (χ1n) is 30.0. The zero-order valence-corrected chi connectivity index (χ0v) is 52.9. The molecule has 454 valence electrons. The average Bonchev–Trinajstić information content (AvgIpc) is 3.61. The number of phenolic OH excluding ortho intramolecular Hbond substituents is 1. The molecular formula is C77H80O9S2. The number of esters is 1. The van der Waals surface area contributed by atoms with Gasteiger partial charge in [-0.05, 0) is 157 Å². The number of benzene rings is 10. The molecule has 0 saturated carbocycles. The lowest BCUT2D eigenvalue weighted by Gasteiger charge is -2.19. The third kappa shape index (κ3) is 20.2. The van der Waals surface area contributed by atoms with E-state index in [1.807, 2.05) is 79.7 Å². The minimum absolute atomic E-state index is 0.0146. The van der Waals surface area contributed by atoms with E-state index >= 15 is 0 Å². The first-order chi connectivity index (χ1) is 42.7. The molecule has 0 aliphatic carbocycles. The largest absolute Gasteiger partial charge is 0.744 e. The van der Waals surface area contributed by atoms with Crippen LogP contribution in [0.5, 0.6) is 23.0 Å². The van der Waals surface area contributed by atoms with Gasteiger partial charge in [0.15, 0.2) is 21.0 Å². The molecule has 0 saturated heterocycles. The highest BCUT2D eigenvalue weighted by Gasteiger charge is 2.28. The van der Waals surface area contributed by atoms with E-state index in [1.54, 1.807) is 24.3 Å². The molecule has 1 N–H and O–H groups in total. The zero-order chi connectivity index (χ0) is 62.7. The molecule has 4 atom stereocenters. The van der Waals surface area contributed by atoms with E-state index in [1.165, 1.54) is 44.0 Å². The quantitative estimate of drug-likeness (QED) is 0.0187. The third-order valence-electron chi connectivity index (χ3n) is 14.9. The number of ether oxygens (including phenoxy) is 4. The van der Waals surface area contributed by atoms with Crippen LogP contribution in [0.1, 0.15) is 113 Å². The molecule has 0 radical (unpaired) electrons. The van der Waals surface area contributed by atoms with Crippen molar-refractivity contribution in [2.45, 2.75) is 111 Å². The van der Waals surface area contributed by atoms with E-state index < -0.39 is 21.0 Å². The Hall–Kier alpha value is -8.71. The van der Waals surface area contributed by atoms with Gasteiger partial charge in [-0.15, -0.1) is 0 Å². The number of rotatable bonds is 21. The first-order valence-corrected chi connectivity index (χ1v) is 32.6. The summed E-state index contributed by atoms with van der Waals surface area (Å²) >= 11 is 0. The Morgan fingerprint density at radius 2 is 0.830 bits per heavy atom. The molecule has 10 aromatic carbocycles. The fraction of sp³-hybridized carbons (Fsp3) is 0.208. The van der Waals surface area contributed by atoms with Crippen LogP contribution < -0.4 is 14.2 Å². The molecule has 4 unspecified atom stereocenters. The number of carbonyl (C=O) groups is 1. The zero-order valence-electron chi connectivity index (χ0n) is 51.3. The monoisotopic (exact) mass is 1210 g/mol. The number of para-hydroxylation sites is 1. The number of aromatic hydroxyl groups is 1. The topological polar surface area (TPSA) is 131 Å². The van der Waals surface area contributed by atoms with E-state index in [9.17, 15) is 17.8 Å². The molecule has 0 aromatic heterocycles. The van der Waals surface area contributed by atoms with Crippen molar-refractivity contribution in [3.63, 3.8) is 0 Å². The van der Waals surface area contributed by atoms with Gasteiger partial charge in [0.05, 0.1) is 28.0 Å². The number of hydrogen-bond acceptors (Lipinski definition) is 9. The van der Waals surface area contributed by atoms with E-state index in [0.717, 1.165) is 64.6 Å². The van der Waals surface area contributed by atoms with Crippen molar-refractivity contribution in [1.82, 2.24) is 0 Å². The van der Waals surface area contributed by atoms with Crippen LogP contribution in [0.25, 0.3) is 22.3 Å². The molecule has 0 aliphatic rings. The van der Waals surface area contributed by atoms with Crippen molar-refractivity contribution in [1.29, 1.82) is 0 Å². The molecule has 0 heterocycles. The molecule has 10 aromatic rings. The Kier molecular flexibility index (Phi) is 26.3. The van der Waals surface area contributed by atoms with Gasteiger partial charge < -0.3 is 28.6 Å². The van der Waals surface area contributed by atoms with Gasteiger partial charge in [-0.25, -0.2) is 13.2 Å². The molecular weight excluding hydrogens is 1130 g/mol. The Balaban J connectivity index is 0.000000180. The smallest absolute Gasteiger partial charge is 0.344 e. The molecule has 0 spiro atoms. The third-order valence-corrected chi connectivity index (χ3v) is 18.0. The summed E-state index contributed by atoms with van der Waals surface area (Å²) in [6.07, 6.45) is 2.89. The van der Waals surface area contributed by atoms with Crippen LogP contribution >= 0.6 is 0 Å². The molecule has 0 amide bonds. The lowest BCUT2D eigenvalue weighted by Crippen LogP contribution is -2.20. The van der Waals surface area contributed by atoms with E-state index in [0.29, 0.717) is 42.5 Å². The van der Waals surface area contributed by atoms with Crippen LogP contribution in [0.15, 0.2) is 287 Å². The lowest BCUT2D eigenvalue weighted by atomic mass is 9.97. The second-order valence-corrected chi connectivity index (χ2v) is 24.4. The fourth-order valence-electron chi connectivity index (χ4n) is 9.31. The molecule has 10 rings (SSSR count). The van der Waals surface area contributed by atoms with Gasteiger partial charge in [0.2, 0.25) is 0 Å². The van der Waals surface area contributed by atoms with Gasteiger partial charge in [-0.3, -0.25) is 0 Å². The Labute approximate surface area is 524 Å². The first kappa shape index (κ1) is 66.8. The van der Waals surface area contributed by atoms with Crippen molar-refractivity contribution < 1.29 is 41.8 Å². The summed E-state index contributed by atoms with van der Waals surface area (Å²) in [5, 5.41) is 9.01. The highest BCUT2D eigenvalue weighted by atomic mass is 32.2. The van der Waals surface area contributed by atoms with Crippen LogP contribution in [-0.2, 0) is 25.7 Å². The summed E-state index contributed by atoms with van der Waals surface area (Å²) in [6, 6.07) is 87.0. The minimum Gasteiger partial charge on any atom is -0.744 e. The van der Waals surface area contributed by atoms with Crippen LogP contribution in [0.2, 0.25) is 0 Å². The highest BCUT2D eigenvalue weighted by Crippen LogP contribution is 2.39. The van der Waals surface area contributed by atoms with Gasteiger partial charge in [-0.1, -0.05) is 224 Å². The predicted molar refractivity (Wildman–Crippen MR) is 357 cm³/mol. The second kappa shape index (κ2) is 34.6. The van der Waals surface area contributed by atoms with Crippen LogP contribution in [0.3, 0.4) is 0 Å². The van der Waals surface area contributed by atoms with Crippen molar-refractivity contribution in [3.8, 4) is 45.3 Å². The predicted octanol–water partition coefficient (Wildman–Crippen LogP) is 19.4. The van der Waals surface area contributed by atoms with Crippen molar-refractivity contribution >= 4 is 27.0 Å². The summed E-state index contributed by atoms with van der Waals surface area (Å²) < 4.78 is 57.0. The SMILES string of the molecule is CCC(C)c1ccc(O)cc1.CCC(C)c1ccc(OC(=O)c2ccccc2S(=O)(=O)[O-])cc1.CCC(C)c1ccc(OC(C)OCCOc2c(-c3ccccc3)cccc2-c2ccccc2)cc1.c1ccc([S+](c2ccccc2)c2ccccc2)cc1. The van der Waals surface area contributed by atoms with Gasteiger partial charge in [0, 0.05) is 11.1 Å². The molecule has 11 heteroatoms. The summed E-state index contributed by atoms with van der Waals surface area (Å²) in [6.45, 7) is 15.7. The van der Waals surface area contributed by atoms with E-state index in [-0.39, 0.29) is 22.7 Å². The van der Waals surface area contributed by atoms with Crippen LogP contribution in [-0.4, -0.2) is 43.6 Å². The summed E-state index contributed by atoms with van der Waals surface area (Å²) in [5.41, 5.74) is 7.86. The average molecular weight is 1210 g/mol. The molecule has 9 nitrogen and oxygen atoms in total. The molecule has 0 bridgehead atoms.